The average Bonchev–Trinajstić information content (AvgIpc) is 2.51. The van der Waals surface area contributed by atoms with Crippen molar-refractivity contribution in [1.82, 2.24) is 4.98 Å². The highest BCUT2D eigenvalue weighted by Crippen LogP contribution is 2.20. The topological polar surface area (TPSA) is 60.5 Å². The predicted molar refractivity (Wildman–Crippen MR) is 82.6 cm³/mol. The Kier molecular flexibility index (Phi) is 5.29. The van der Waals surface area contributed by atoms with Crippen LogP contribution in [-0.4, -0.2) is 30.7 Å². The van der Waals surface area contributed by atoms with Gasteiger partial charge in [-0.2, -0.15) is 0 Å². The second kappa shape index (κ2) is 7.40. The molecule has 0 aliphatic rings. The average molecular weight is 286 g/mol. The molecule has 0 saturated heterocycles. The van der Waals surface area contributed by atoms with E-state index in [2.05, 4.69) is 16.9 Å². The number of ether oxygens (including phenoxy) is 2. The number of benzene rings is 1. The SMILES string of the molecule is C=CC(=O)Nc1ccc2nc(OCCOCC)ccc2c1. The Balaban J connectivity index is 2.08. The van der Waals surface area contributed by atoms with Gasteiger partial charge in [0.25, 0.3) is 0 Å². The minimum atomic E-state index is -0.238. The fraction of sp³-hybridized carbons (Fsp3) is 0.250. The van der Waals surface area contributed by atoms with E-state index in [1.165, 1.54) is 6.08 Å². The van der Waals surface area contributed by atoms with Gasteiger partial charge in [-0.1, -0.05) is 6.58 Å². The van der Waals surface area contributed by atoms with E-state index >= 15 is 0 Å². The van der Waals surface area contributed by atoms with Gasteiger partial charge < -0.3 is 14.8 Å². The lowest BCUT2D eigenvalue weighted by Crippen LogP contribution is -2.07. The number of fused-ring (bicyclic) bond motifs is 1. The highest BCUT2D eigenvalue weighted by Gasteiger charge is 2.02. The third-order valence-electron chi connectivity index (χ3n) is 2.80. The van der Waals surface area contributed by atoms with Gasteiger partial charge >= 0.3 is 0 Å². The number of nitrogens with one attached hydrogen (secondary N) is 1. The largest absolute Gasteiger partial charge is 0.475 e. The molecular weight excluding hydrogens is 268 g/mol. The fourth-order valence-electron chi connectivity index (χ4n) is 1.81. The van der Waals surface area contributed by atoms with Crippen molar-refractivity contribution in [3.05, 3.63) is 43.0 Å². The van der Waals surface area contributed by atoms with Gasteiger partial charge in [0.1, 0.15) is 6.61 Å². The smallest absolute Gasteiger partial charge is 0.247 e. The third kappa shape index (κ3) is 4.29. The molecule has 0 aliphatic carbocycles. The molecule has 0 spiro atoms. The van der Waals surface area contributed by atoms with Crippen LogP contribution in [0.3, 0.4) is 0 Å². The number of carbonyl (C=O) groups is 1. The molecule has 2 rings (SSSR count). The summed E-state index contributed by atoms with van der Waals surface area (Å²) in [6.45, 7) is 7.05. The van der Waals surface area contributed by atoms with Crippen LogP contribution in [0.1, 0.15) is 6.92 Å². The van der Waals surface area contributed by atoms with Crippen molar-refractivity contribution in [3.63, 3.8) is 0 Å². The van der Waals surface area contributed by atoms with Crippen molar-refractivity contribution >= 4 is 22.5 Å². The molecule has 1 aromatic heterocycles. The molecule has 0 aliphatic heterocycles. The molecule has 1 N–H and O–H groups in total. The van der Waals surface area contributed by atoms with Crippen LogP contribution in [0.2, 0.25) is 0 Å². The molecule has 21 heavy (non-hydrogen) atoms. The van der Waals surface area contributed by atoms with Crippen molar-refractivity contribution in [2.45, 2.75) is 6.92 Å². The van der Waals surface area contributed by atoms with Crippen LogP contribution in [0.25, 0.3) is 10.9 Å². The van der Waals surface area contributed by atoms with Crippen LogP contribution < -0.4 is 10.1 Å². The molecule has 110 valence electrons. The summed E-state index contributed by atoms with van der Waals surface area (Å²) in [5, 5.41) is 3.64. The van der Waals surface area contributed by atoms with Crippen LogP contribution in [0.15, 0.2) is 43.0 Å². The zero-order valence-corrected chi connectivity index (χ0v) is 12.0. The molecule has 1 aromatic carbocycles. The summed E-state index contributed by atoms with van der Waals surface area (Å²) < 4.78 is 10.7. The molecule has 0 bridgehead atoms. The Hall–Kier alpha value is -2.40. The number of anilines is 1. The van der Waals surface area contributed by atoms with E-state index in [-0.39, 0.29) is 5.91 Å². The Labute approximate surface area is 123 Å². The summed E-state index contributed by atoms with van der Waals surface area (Å²) in [7, 11) is 0. The van der Waals surface area contributed by atoms with Gasteiger partial charge in [0.15, 0.2) is 0 Å². The molecule has 2 aromatic rings. The summed E-state index contributed by atoms with van der Waals surface area (Å²) in [6.07, 6.45) is 1.23. The number of hydrogen-bond acceptors (Lipinski definition) is 4. The van der Waals surface area contributed by atoms with E-state index in [1.807, 2.05) is 25.1 Å². The number of rotatable bonds is 7. The van der Waals surface area contributed by atoms with E-state index < -0.39 is 0 Å². The van der Waals surface area contributed by atoms with Crippen LogP contribution in [-0.2, 0) is 9.53 Å². The molecule has 0 radical (unpaired) electrons. The van der Waals surface area contributed by atoms with Gasteiger partial charge in [0, 0.05) is 23.7 Å². The van der Waals surface area contributed by atoms with Crippen LogP contribution in [0, 0.1) is 0 Å². The summed E-state index contributed by atoms with van der Waals surface area (Å²) >= 11 is 0. The maximum Gasteiger partial charge on any atom is 0.247 e. The van der Waals surface area contributed by atoms with Crippen LogP contribution in [0.4, 0.5) is 5.69 Å². The van der Waals surface area contributed by atoms with E-state index in [4.69, 9.17) is 9.47 Å². The van der Waals surface area contributed by atoms with Crippen LogP contribution >= 0.6 is 0 Å². The standard InChI is InChI=1S/C16H18N2O3/c1-3-15(19)17-13-6-7-14-12(11-13)5-8-16(18-14)21-10-9-20-4-2/h3,5-8,11H,1,4,9-10H2,2H3,(H,17,19). The quantitative estimate of drug-likeness (QED) is 0.628. The van der Waals surface area contributed by atoms with Gasteiger partial charge in [0.05, 0.1) is 12.1 Å². The fourth-order valence-corrected chi connectivity index (χ4v) is 1.81. The third-order valence-corrected chi connectivity index (χ3v) is 2.80. The van der Waals surface area contributed by atoms with Crippen molar-refractivity contribution < 1.29 is 14.3 Å². The van der Waals surface area contributed by atoms with Crippen molar-refractivity contribution in [2.75, 3.05) is 25.1 Å². The van der Waals surface area contributed by atoms with Crippen molar-refractivity contribution in [2.24, 2.45) is 0 Å². The highest BCUT2D eigenvalue weighted by molar-refractivity contribution is 6.00. The second-order valence-corrected chi connectivity index (χ2v) is 4.30. The molecule has 0 unspecified atom stereocenters. The zero-order valence-electron chi connectivity index (χ0n) is 12.0. The molecule has 5 nitrogen and oxygen atoms in total. The molecule has 0 fully saturated rings. The Bertz CT molecular complexity index is 640. The van der Waals surface area contributed by atoms with Crippen molar-refractivity contribution in [3.8, 4) is 5.88 Å². The van der Waals surface area contributed by atoms with Crippen molar-refractivity contribution in [1.29, 1.82) is 0 Å². The monoisotopic (exact) mass is 286 g/mol. The Morgan fingerprint density at radius 2 is 2.19 bits per heavy atom. The molecule has 1 heterocycles. The summed E-state index contributed by atoms with van der Waals surface area (Å²) in [4.78, 5) is 15.7. The number of aromatic nitrogens is 1. The lowest BCUT2D eigenvalue weighted by atomic mass is 10.2. The molecular formula is C16H18N2O3. The van der Waals surface area contributed by atoms with Gasteiger partial charge in [0.2, 0.25) is 11.8 Å². The molecule has 0 atom stereocenters. The maximum atomic E-state index is 11.3. The summed E-state index contributed by atoms with van der Waals surface area (Å²) in [5.74, 6) is 0.322. The Morgan fingerprint density at radius 3 is 2.95 bits per heavy atom. The van der Waals surface area contributed by atoms with E-state index in [1.54, 1.807) is 12.1 Å². The minimum absolute atomic E-state index is 0.238. The number of hydrogen-bond donors (Lipinski definition) is 1. The van der Waals surface area contributed by atoms with E-state index in [9.17, 15) is 4.79 Å². The van der Waals surface area contributed by atoms with Gasteiger partial charge in [-0.25, -0.2) is 4.98 Å². The number of carbonyl (C=O) groups excluding carboxylic acids is 1. The number of nitrogens with zero attached hydrogens (tertiary/aromatic N) is 1. The van der Waals surface area contributed by atoms with E-state index in [0.717, 1.165) is 10.9 Å². The lowest BCUT2D eigenvalue weighted by Gasteiger charge is -2.07. The van der Waals surface area contributed by atoms with Gasteiger partial charge in [-0.15, -0.1) is 0 Å². The Morgan fingerprint density at radius 1 is 1.33 bits per heavy atom. The first-order valence-corrected chi connectivity index (χ1v) is 6.77. The number of amides is 1. The van der Waals surface area contributed by atoms with Gasteiger partial charge in [-0.3, -0.25) is 4.79 Å². The predicted octanol–water partition coefficient (Wildman–Crippen LogP) is 2.77. The first kappa shape index (κ1) is 15.0. The molecule has 1 amide bonds. The second-order valence-electron chi connectivity index (χ2n) is 4.30. The molecule has 5 heteroatoms. The van der Waals surface area contributed by atoms with Crippen LogP contribution in [0.5, 0.6) is 5.88 Å². The first-order chi connectivity index (χ1) is 10.2. The van der Waals surface area contributed by atoms with E-state index in [0.29, 0.717) is 31.4 Å². The maximum absolute atomic E-state index is 11.3. The first-order valence-electron chi connectivity index (χ1n) is 6.77. The number of pyridine rings is 1. The molecule has 0 saturated carbocycles. The highest BCUT2D eigenvalue weighted by atomic mass is 16.5. The minimum Gasteiger partial charge on any atom is -0.475 e. The zero-order chi connectivity index (χ0) is 15.1. The van der Waals surface area contributed by atoms with Gasteiger partial charge in [-0.05, 0) is 37.3 Å². The normalized spacial score (nSPS) is 10.3. The summed E-state index contributed by atoms with van der Waals surface area (Å²) in [5.41, 5.74) is 1.51. The summed E-state index contributed by atoms with van der Waals surface area (Å²) in [6, 6.07) is 9.19. The lowest BCUT2D eigenvalue weighted by molar-refractivity contribution is -0.111.